The molecular formula is C22H24F3N3O2S. The number of anilines is 1. The molecule has 0 saturated heterocycles. The Balaban J connectivity index is 1.96. The zero-order chi connectivity index (χ0) is 22.6. The number of nitrogens with zero attached hydrogens (tertiary/aromatic N) is 3. The molecule has 0 aliphatic carbocycles. The van der Waals surface area contributed by atoms with E-state index in [9.17, 15) is 18.0 Å². The maximum atomic E-state index is 13.2. The molecule has 0 spiro atoms. The topological polar surface area (TPSA) is 45.7 Å². The average molecular weight is 452 g/mol. The molecule has 0 saturated carbocycles. The summed E-state index contributed by atoms with van der Waals surface area (Å²) in [6, 6.07) is 9.97. The number of thiazole rings is 1. The van der Waals surface area contributed by atoms with E-state index in [1.54, 1.807) is 6.07 Å². The van der Waals surface area contributed by atoms with Crippen LogP contribution in [0.5, 0.6) is 5.75 Å². The van der Waals surface area contributed by atoms with Gasteiger partial charge in [-0.2, -0.15) is 13.2 Å². The summed E-state index contributed by atoms with van der Waals surface area (Å²) in [7, 11) is 3.85. The first-order chi connectivity index (χ1) is 14.7. The maximum Gasteiger partial charge on any atom is 0.416 e. The van der Waals surface area contributed by atoms with Gasteiger partial charge in [0.05, 0.1) is 22.4 Å². The summed E-state index contributed by atoms with van der Waals surface area (Å²) in [5.41, 5.74) is -0.163. The number of ether oxygens (including phenoxy) is 1. The number of carbonyl (C=O) groups is 1. The van der Waals surface area contributed by atoms with Crippen molar-refractivity contribution in [2.75, 3.05) is 38.7 Å². The van der Waals surface area contributed by atoms with Crippen LogP contribution in [-0.2, 0) is 6.18 Å². The molecule has 31 heavy (non-hydrogen) atoms. The lowest BCUT2D eigenvalue weighted by Crippen LogP contribution is -2.33. The Hall–Kier alpha value is -2.65. The number of hydrogen-bond donors (Lipinski definition) is 0. The third-order valence-corrected chi connectivity index (χ3v) is 5.60. The Bertz CT molecular complexity index is 1050. The normalized spacial score (nSPS) is 11.8. The second-order valence-corrected chi connectivity index (χ2v) is 8.26. The smallest absolute Gasteiger partial charge is 0.416 e. The number of amides is 1. The van der Waals surface area contributed by atoms with Crippen LogP contribution in [0.25, 0.3) is 10.2 Å². The molecule has 0 atom stereocenters. The van der Waals surface area contributed by atoms with Crippen LogP contribution in [0.2, 0.25) is 0 Å². The highest BCUT2D eigenvalue weighted by atomic mass is 32.1. The lowest BCUT2D eigenvalue weighted by Gasteiger charge is -2.21. The minimum atomic E-state index is -4.52. The van der Waals surface area contributed by atoms with Crippen LogP contribution in [0.4, 0.5) is 18.3 Å². The predicted molar refractivity (Wildman–Crippen MR) is 117 cm³/mol. The molecule has 0 radical (unpaired) electrons. The van der Waals surface area contributed by atoms with Gasteiger partial charge in [-0.15, -0.1) is 0 Å². The van der Waals surface area contributed by atoms with Gasteiger partial charge in [-0.3, -0.25) is 9.69 Å². The summed E-state index contributed by atoms with van der Waals surface area (Å²) in [6.45, 7) is 3.49. The molecular weight excluding hydrogens is 427 g/mol. The van der Waals surface area contributed by atoms with Crippen LogP contribution < -0.4 is 9.64 Å². The molecule has 0 fully saturated rings. The van der Waals surface area contributed by atoms with Gasteiger partial charge in [0, 0.05) is 12.1 Å². The number of hydrogen-bond acceptors (Lipinski definition) is 5. The van der Waals surface area contributed by atoms with E-state index in [1.165, 1.54) is 28.4 Å². The molecule has 0 aliphatic heterocycles. The van der Waals surface area contributed by atoms with Crippen LogP contribution in [0.3, 0.4) is 0 Å². The van der Waals surface area contributed by atoms with E-state index in [0.717, 1.165) is 23.4 Å². The molecule has 166 valence electrons. The molecule has 1 amide bonds. The standard InChI is InChI=1S/C22H24F3N3O2S/c1-4-30-17-9-10-18-19(14-17)31-21(26-18)28(12-6-11-27(2)3)20(29)15-7-5-8-16(13-15)22(23,24)25/h5,7-10,13-14H,4,6,11-12H2,1-3H3. The number of aromatic nitrogens is 1. The van der Waals surface area contributed by atoms with Gasteiger partial charge in [0.1, 0.15) is 5.75 Å². The quantitative estimate of drug-likeness (QED) is 0.466. The summed E-state index contributed by atoms with van der Waals surface area (Å²) in [6.07, 6.45) is -3.87. The van der Waals surface area contributed by atoms with Gasteiger partial charge < -0.3 is 9.64 Å². The van der Waals surface area contributed by atoms with Gasteiger partial charge in [0.15, 0.2) is 5.13 Å². The summed E-state index contributed by atoms with van der Waals surface area (Å²) in [5, 5.41) is 0.449. The second-order valence-electron chi connectivity index (χ2n) is 7.25. The van der Waals surface area contributed by atoms with Crippen LogP contribution in [0, 0.1) is 0 Å². The van der Waals surface area contributed by atoms with Gasteiger partial charge in [-0.1, -0.05) is 17.4 Å². The number of fused-ring (bicyclic) bond motifs is 1. The fourth-order valence-corrected chi connectivity index (χ4v) is 4.10. The van der Waals surface area contributed by atoms with E-state index < -0.39 is 17.6 Å². The molecule has 0 aliphatic rings. The molecule has 3 rings (SSSR count). The van der Waals surface area contributed by atoms with Crippen molar-refractivity contribution in [1.29, 1.82) is 0 Å². The van der Waals surface area contributed by atoms with Gasteiger partial charge in [-0.25, -0.2) is 4.98 Å². The van der Waals surface area contributed by atoms with E-state index in [0.29, 0.717) is 36.0 Å². The Morgan fingerprint density at radius 1 is 1.13 bits per heavy atom. The summed E-state index contributed by atoms with van der Waals surface area (Å²) in [4.78, 5) is 21.2. The zero-order valence-corrected chi connectivity index (χ0v) is 18.4. The van der Waals surface area contributed by atoms with E-state index in [2.05, 4.69) is 4.98 Å². The number of rotatable bonds is 8. The van der Waals surface area contributed by atoms with Crippen molar-refractivity contribution in [1.82, 2.24) is 9.88 Å². The van der Waals surface area contributed by atoms with Crippen LogP contribution in [0.1, 0.15) is 29.3 Å². The number of alkyl halides is 3. The number of halogens is 3. The first-order valence-electron chi connectivity index (χ1n) is 9.86. The summed E-state index contributed by atoms with van der Waals surface area (Å²) in [5.74, 6) is 0.197. The Labute approximate surface area is 183 Å². The SMILES string of the molecule is CCOc1ccc2nc(N(CCCN(C)C)C(=O)c3cccc(C(F)(F)F)c3)sc2c1. The monoisotopic (exact) mass is 451 g/mol. The van der Waals surface area contributed by atoms with Crippen LogP contribution in [-0.4, -0.2) is 49.6 Å². The lowest BCUT2D eigenvalue weighted by molar-refractivity contribution is -0.137. The highest BCUT2D eigenvalue weighted by molar-refractivity contribution is 7.22. The second kappa shape index (κ2) is 9.65. The van der Waals surface area contributed by atoms with Crippen molar-refractivity contribution in [2.24, 2.45) is 0 Å². The molecule has 9 heteroatoms. The highest BCUT2D eigenvalue weighted by Crippen LogP contribution is 2.33. The zero-order valence-electron chi connectivity index (χ0n) is 17.6. The Morgan fingerprint density at radius 3 is 2.58 bits per heavy atom. The third kappa shape index (κ3) is 5.74. The molecule has 5 nitrogen and oxygen atoms in total. The lowest BCUT2D eigenvalue weighted by atomic mass is 10.1. The highest BCUT2D eigenvalue weighted by Gasteiger charge is 2.31. The predicted octanol–water partition coefficient (Wildman–Crippen LogP) is 5.31. The summed E-state index contributed by atoms with van der Waals surface area (Å²) < 4.78 is 45.8. The van der Waals surface area contributed by atoms with E-state index >= 15 is 0 Å². The number of benzene rings is 2. The van der Waals surface area contributed by atoms with Gasteiger partial charge >= 0.3 is 6.18 Å². The van der Waals surface area contributed by atoms with Crippen molar-refractivity contribution in [2.45, 2.75) is 19.5 Å². The van der Waals surface area contributed by atoms with Crippen molar-refractivity contribution in [3.8, 4) is 5.75 Å². The molecule has 2 aromatic carbocycles. The van der Waals surface area contributed by atoms with Gasteiger partial charge in [0.2, 0.25) is 0 Å². The molecule has 0 N–H and O–H groups in total. The first kappa shape index (κ1) is 23.0. The fraction of sp³-hybridized carbons (Fsp3) is 0.364. The molecule has 0 unspecified atom stereocenters. The van der Waals surface area contributed by atoms with Crippen LogP contribution in [0.15, 0.2) is 42.5 Å². The van der Waals surface area contributed by atoms with E-state index in [4.69, 9.17) is 4.74 Å². The maximum absolute atomic E-state index is 13.2. The van der Waals surface area contributed by atoms with Crippen molar-refractivity contribution in [3.63, 3.8) is 0 Å². The number of carbonyl (C=O) groups excluding carboxylic acids is 1. The Kier molecular flexibility index (Phi) is 7.17. The van der Waals surface area contributed by atoms with E-state index in [-0.39, 0.29) is 5.56 Å². The third-order valence-electron chi connectivity index (χ3n) is 4.56. The van der Waals surface area contributed by atoms with Crippen molar-refractivity contribution < 1.29 is 22.7 Å². The minimum Gasteiger partial charge on any atom is -0.494 e. The minimum absolute atomic E-state index is 0.0195. The fourth-order valence-electron chi connectivity index (χ4n) is 3.08. The Morgan fingerprint density at radius 2 is 1.90 bits per heavy atom. The first-order valence-corrected chi connectivity index (χ1v) is 10.7. The van der Waals surface area contributed by atoms with Gasteiger partial charge in [0.25, 0.3) is 5.91 Å². The van der Waals surface area contributed by atoms with Gasteiger partial charge in [-0.05, 0) is 70.4 Å². The van der Waals surface area contributed by atoms with E-state index in [1.807, 2.05) is 38.1 Å². The molecule has 1 aromatic heterocycles. The average Bonchev–Trinajstić information content (AvgIpc) is 3.13. The van der Waals surface area contributed by atoms with Crippen molar-refractivity contribution in [3.05, 3.63) is 53.6 Å². The molecule has 0 bridgehead atoms. The van der Waals surface area contributed by atoms with Crippen molar-refractivity contribution >= 4 is 32.6 Å². The summed E-state index contributed by atoms with van der Waals surface area (Å²) >= 11 is 1.32. The largest absolute Gasteiger partial charge is 0.494 e. The molecule has 1 heterocycles. The molecule has 3 aromatic rings. The van der Waals surface area contributed by atoms with Crippen LogP contribution >= 0.6 is 11.3 Å².